The van der Waals surface area contributed by atoms with E-state index in [0.717, 1.165) is 26.2 Å². The number of piperidine rings is 1. The summed E-state index contributed by atoms with van der Waals surface area (Å²) >= 11 is 0. The number of nitrogens with zero attached hydrogens (tertiary/aromatic N) is 1. The third-order valence-corrected chi connectivity index (χ3v) is 3.79. The molecule has 3 heteroatoms. The van der Waals surface area contributed by atoms with E-state index < -0.39 is 0 Å². The molecule has 3 nitrogen and oxygen atoms in total. The molecule has 0 saturated carbocycles. The van der Waals surface area contributed by atoms with Gasteiger partial charge in [0.2, 0.25) is 0 Å². The minimum atomic E-state index is 0.375. The first-order valence-corrected chi connectivity index (χ1v) is 6.57. The highest BCUT2D eigenvalue weighted by Crippen LogP contribution is 2.30. The Morgan fingerprint density at radius 2 is 1.94 bits per heavy atom. The van der Waals surface area contributed by atoms with Crippen molar-refractivity contribution >= 4 is 0 Å². The van der Waals surface area contributed by atoms with Crippen molar-refractivity contribution in [3.8, 4) is 0 Å². The Kier molecular flexibility index (Phi) is 5.73. The monoisotopic (exact) mass is 228 g/mol. The Balaban J connectivity index is 2.61. The van der Waals surface area contributed by atoms with Crippen LogP contribution in [0.5, 0.6) is 0 Å². The van der Waals surface area contributed by atoms with Crippen LogP contribution in [-0.2, 0) is 4.74 Å². The first-order valence-electron chi connectivity index (χ1n) is 6.57. The van der Waals surface area contributed by atoms with Gasteiger partial charge in [0.05, 0.1) is 6.61 Å². The van der Waals surface area contributed by atoms with Crippen molar-refractivity contribution in [3.05, 3.63) is 0 Å². The molecule has 1 aliphatic heterocycles. The van der Waals surface area contributed by atoms with Crippen molar-refractivity contribution in [2.24, 2.45) is 5.41 Å². The van der Waals surface area contributed by atoms with Crippen LogP contribution in [0.15, 0.2) is 0 Å². The molecule has 0 atom stereocenters. The van der Waals surface area contributed by atoms with E-state index in [1.165, 1.54) is 19.4 Å². The number of ether oxygens (including phenoxy) is 1. The molecule has 0 spiro atoms. The van der Waals surface area contributed by atoms with E-state index in [2.05, 4.69) is 31.0 Å². The van der Waals surface area contributed by atoms with Crippen LogP contribution in [0.3, 0.4) is 0 Å². The predicted octanol–water partition coefficient (Wildman–Crippen LogP) is 1.73. The van der Waals surface area contributed by atoms with Crippen molar-refractivity contribution < 1.29 is 4.74 Å². The van der Waals surface area contributed by atoms with E-state index >= 15 is 0 Å². The minimum absolute atomic E-state index is 0.375. The average molecular weight is 228 g/mol. The zero-order chi connectivity index (χ0) is 12.0. The van der Waals surface area contributed by atoms with Gasteiger partial charge in [-0.25, -0.2) is 0 Å². The van der Waals surface area contributed by atoms with Crippen LogP contribution in [-0.4, -0.2) is 50.8 Å². The first-order chi connectivity index (χ1) is 7.63. The molecule has 16 heavy (non-hydrogen) atoms. The van der Waals surface area contributed by atoms with Crippen LogP contribution < -0.4 is 5.32 Å². The van der Waals surface area contributed by atoms with E-state index in [0.29, 0.717) is 11.5 Å². The van der Waals surface area contributed by atoms with Gasteiger partial charge in [0.25, 0.3) is 0 Å². The van der Waals surface area contributed by atoms with Crippen LogP contribution in [0, 0.1) is 5.41 Å². The van der Waals surface area contributed by atoms with Crippen molar-refractivity contribution in [1.29, 1.82) is 0 Å². The largest absolute Gasteiger partial charge is 0.384 e. The lowest BCUT2D eigenvalue weighted by atomic mass is 9.79. The zero-order valence-electron chi connectivity index (χ0n) is 11.4. The molecule has 1 aliphatic rings. The Bertz CT molecular complexity index is 183. The summed E-state index contributed by atoms with van der Waals surface area (Å²) in [5, 5.41) is 3.44. The quantitative estimate of drug-likeness (QED) is 0.749. The lowest BCUT2D eigenvalue weighted by molar-refractivity contribution is 0.0159. The van der Waals surface area contributed by atoms with E-state index in [1.807, 2.05) is 7.11 Å². The van der Waals surface area contributed by atoms with Crippen LogP contribution in [0.2, 0.25) is 0 Å². The molecule has 1 fully saturated rings. The van der Waals surface area contributed by atoms with Gasteiger partial charge in [-0.2, -0.15) is 0 Å². The third kappa shape index (κ3) is 3.72. The second-order valence-corrected chi connectivity index (χ2v) is 5.34. The van der Waals surface area contributed by atoms with Crippen molar-refractivity contribution in [2.75, 3.05) is 39.9 Å². The summed E-state index contributed by atoms with van der Waals surface area (Å²) in [6.45, 7) is 12.3. The van der Waals surface area contributed by atoms with Gasteiger partial charge in [-0.3, -0.25) is 0 Å². The van der Waals surface area contributed by atoms with Gasteiger partial charge < -0.3 is 15.0 Å². The maximum atomic E-state index is 5.46. The molecule has 1 saturated heterocycles. The standard InChI is InChI=1S/C13H28N2O/c1-5-15(12(2)3)10-13(11-16-4)6-8-14-9-7-13/h12,14H,5-11H2,1-4H3. The topological polar surface area (TPSA) is 24.5 Å². The fraction of sp³-hybridized carbons (Fsp3) is 1.00. The number of rotatable bonds is 6. The summed E-state index contributed by atoms with van der Waals surface area (Å²) in [5.41, 5.74) is 0.375. The molecular weight excluding hydrogens is 200 g/mol. The summed E-state index contributed by atoms with van der Waals surface area (Å²) in [7, 11) is 1.83. The maximum absolute atomic E-state index is 5.46. The summed E-state index contributed by atoms with van der Waals surface area (Å²) in [4.78, 5) is 2.56. The Hall–Kier alpha value is -0.120. The van der Waals surface area contributed by atoms with Gasteiger partial charge in [0.1, 0.15) is 0 Å². The van der Waals surface area contributed by atoms with E-state index in [4.69, 9.17) is 4.74 Å². The smallest absolute Gasteiger partial charge is 0.0531 e. The minimum Gasteiger partial charge on any atom is -0.384 e. The zero-order valence-corrected chi connectivity index (χ0v) is 11.4. The molecule has 0 aliphatic carbocycles. The number of methoxy groups -OCH3 is 1. The first kappa shape index (κ1) is 13.9. The van der Waals surface area contributed by atoms with Crippen molar-refractivity contribution in [3.63, 3.8) is 0 Å². The molecule has 0 aromatic rings. The predicted molar refractivity (Wildman–Crippen MR) is 68.8 cm³/mol. The lowest BCUT2D eigenvalue weighted by Crippen LogP contribution is -2.48. The fourth-order valence-corrected chi connectivity index (χ4v) is 2.70. The maximum Gasteiger partial charge on any atom is 0.0531 e. The molecular formula is C13H28N2O. The molecule has 0 unspecified atom stereocenters. The van der Waals surface area contributed by atoms with Gasteiger partial charge >= 0.3 is 0 Å². The molecule has 1 heterocycles. The van der Waals surface area contributed by atoms with Crippen LogP contribution >= 0.6 is 0 Å². The van der Waals surface area contributed by atoms with E-state index in [9.17, 15) is 0 Å². The van der Waals surface area contributed by atoms with Crippen molar-refractivity contribution in [2.45, 2.75) is 39.7 Å². The van der Waals surface area contributed by atoms with Gasteiger partial charge in [-0.05, 0) is 46.3 Å². The van der Waals surface area contributed by atoms with Gasteiger partial charge in [0.15, 0.2) is 0 Å². The third-order valence-electron chi connectivity index (χ3n) is 3.79. The fourth-order valence-electron chi connectivity index (χ4n) is 2.70. The SMILES string of the molecule is CCN(CC1(COC)CCNCC1)C(C)C. The molecule has 0 bridgehead atoms. The molecule has 96 valence electrons. The number of hydrogen-bond donors (Lipinski definition) is 1. The van der Waals surface area contributed by atoms with Crippen molar-refractivity contribution in [1.82, 2.24) is 10.2 Å². The number of nitrogens with one attached hydrogen (secondary N) is 1. The summed E-state index contributed by atoms with van der Waals surface area (Å²) in [6, 6.07) is 0.633. The van der Waals surface area contributed by atoms with E-state index in [-0.39, 0.29) is 0 Å². The van der Waals surface area contributed by atoms with Gasteiger partial charge in [0, 0.05) is 25.1 Å². The highest BCUT2D eigenvalue weighted by Gasteiger charge is 2.34. The molecule has 1 rings (SSSR count). The van der Waals surface area contributed by atoms with Crippen LogP contribution in [0.4, 0.5) is 0 Å². The average Bonchev–Trinajstić information content (AvgIpc) is 2.27. The molecule has 0 amide bonds. The summed E-state index contributed by atoms with van der Waals surface area (Å²) < 4.78 is 5.46. The van der Waals surface area contributed by atoms with Gasteiger partial charge in [-0.15, -0.1) is 0 Å². The number of hydrogen-bond acceptors (Lipinski definition) is 3. The Morgan fingerprint density at radius 3 is 2.38 bits per heavy atom. The molecule has 1 N–H and O–H groups in total. The van der Waals surface area contributed by atoms with E-state index in [1.54, 1.807) is 0 Å². The highest BCUT2D eigenvalue weighted by atomic mass is 16.5. The van der Waals surface area contributed by atoms with Crippen LogP contribution in [0.1, 0.15) is 33.6 Å². The molecule has 0 radical (unpaired) electrons. The summed E-state index contributed by atoms with van der Waals surface area (Å²) in [6.07, 6.45) is 2.48. The van der Waals surface area contributed by atoms with Gasteiger partial charge in [-0.1, -0.05) is 6.92 Å². The lowest BCUT2D eigenvalue weighted by Gasteiger charge is -2.42. The Labute approximate surface area is 101 Å². The molecule has 0 aromatic heterocycles. The molecule has 0 aromatic carbocycles. The second-order valence-electron chi connectivity index (χ2n) is 5.34. The van der Waals surface area contributed by atoms with Crippen LogP contribution in [0.25, 0.3) is 0 Å². The summed E-state index contributed by atoms with van der Waals surface area (Å²) in [5.74, 6) is 0. The second kappa shape index (κ2) is 6.58. The Morgan fingerprint density at radius 1 is 1.31 bits per heavy atom. The normalized spacial score (nSPS) is 20.6. The highest BCUT2D eigenvalue weighted by molar-refractivity contribution is 4.88.